The van der Waals surface area contributed by atoms with Crippen molar-refractivity contribution >= 4 is 11.8 Å². The van der Waals surface area contributed by atoms with Gasteiger partial charge in [0.1, 0.15) is 11.6 Å². The third-order valence-electron chi connectivity index (χ3n) is 4.26. The van der Waals surface area contributed by atoms with Crippen molar-refractivity contribution in [1.82, 2.24) is 10.2 Å². The van der Waals surface area contributed by atoms with Gasteiger partial charge in [-0.3, -0.25) is 9.59 Å². The number of rotatable bonds is 5. The van der Waals surface area contributed by atoms with Crippen LogP contribution in [0.4, 0.5) is 0 Å². The molecule has 0 saturated carbocycles. The standard InChI is InChI=1S/C17H24N2O2/c1-4-5-9-12-19-13(2)15(20)18-17(3,16(19)21)14-10-7-6-8-11-14/h6-8,10-11,13H,4-5,9,12H2,1-3H3,(H,18,20). The summed E-state index contributed by atoms with van der Waals surface area (Å²) in [6.45, 7) is 6.36. The molecule has 0 spiro atoms. The van der Waals surface area contributed by atoms with Crippen LogP contribution in [0.3, 0.4) is 0 Å². The number of hydrogen-bond acceptors (Lipinski definition) is 2. The van der Waals surface area contributed by atoms with E-state index < -0.39 is 11.6 Å². The Bertz CT molecular complexity index is 515. The molecule has 1 fully saturated rings. The molecule has 0 radical (unpaired) electrons. The molecule has 0 aliphatic carbocycles. The largest absolute Gasteiger partial charge is 0.336 e. The van der Waals surface area contributed by atoms with Crippen molar-refractivity contribution in [2.24, 2.45) is 0 Å². The van der Waals surface area contributed by atoms with E-state index in [4.69, 9.17) is 0 Å². The van der Waals surface area contributed by atoms with Crippen LogP contribution >= 0.6 is 0 Å². The molecule has 21 heavy (non-hydrogen) atoms. The first kappa shape index (κ1) is 15.5. The minimum absolute atomic E-state index is 0.0168. The third kappa shape index (κ3) is 2.94. The zero-order chi connectivity index (χ0) is 15.5. The van der Waals surface area contributed by atoms with Gasteiger partial charge < -0.3 is 10.2 Å². The predicted octanol–water partition coefficient (Wildman–Crippen LogP) is 2.44. The second kappa shape index (κ2) is 6.29. The summed E-state index contributed by atoms with van der Waals surface area (Å²) in [5, 5.41) is 2.90. The number of carbonyl (C=O) groups is 2. The van der Waals surface area contributed by atoms with E-state index in [1.54, 1.807) is 18.7 Å². The van der Waals surface area contributed by atoms with Gasteiger partial charge >= 0.3 is 0 Å². The van der Waals surface area contributed by atoms with E-state index in [1.807, 2.05) is 30.3 Å². The Morgan fingerprint density at radius 2 is 1.86 bits per heavy atom. The van der Waals surface area contributed by atoms with E-state index in [2.05, 4.69) is 12.2 Å². The van der Waals surface area contributed by atoms with Crippen LogP contribution in [0.15, 0.2) is 30.3 Å². The zero-order valence-electron chi connectivity index (χ0n) is 13.1. The maximum atomic E-state index is 12.9. The van der Waals surface area contributed by atoms with Crippen molar-refractivity contribution in [3.63, 3.8) is 0 Å². The van der Waals surface area contributed by atoms with Crippen LogP contribution in [0.2, 0.25) is 0 Å². The quantitative estimate of drug-likeness (QED) is 0.846. The number of piperazine rings is 1. The van der Waals surface area contributed by atoms with Gasteiger partial charge in [0.15, 0.2) is 0 Å². The molecule has 1 N–H and O–H groups in total. The van der Waals surface area contributed by atoms with Gasteiger partial charge in [0.05, 0.1) is 0 Å². The van der Waals surface area contributed by atoms with Crippen LogP contribution in [0, 0.1) is 0 Å². The monoisotopic (exact) mass is 288 g/mol. The lowest BCUT2D eigenvalue weighted by molar-refractivity contribution is -0.154. The smallest absolute Gasteiger partial charge is 0.253 e. The fourth-order valence-electron chi connectivity index (χ4n) is 2.80. The maximum Gasteiger partial charge on any atom is 0.253 e. The summed E-state index contributed by atoms with van der Waals surface area (Å²) in [5.74, 6) is -0.102. The van der Waals surface area contributed by atoms with Gasteiger partial charge in [0, 0.05) is 6.54 Å². The summed E-state index contributed by atoms with van der Waals surface area (Å²) >= 11 is 0. The van der Waals surface area contributed by atoms with Crippen LogP contribution in [0.1, 0.15) is 45.6 Å². The average molecular weight is 288 g/mol. The molecule has 1 aromatic carbocycles. The fraction of sp³-hybridized carbons (Fsp3) is 0.529. The fourth-order valence-corrected chi connectivity index (χ4v) is 2.80. The number of nitrogens with one attached hydrogen (secondary N) is 1. The molecule has 0 bridgehead atoms. The number of hydrogen-bond donors (Lipinski definition) is 1. The number of benzene rings is 1. The lowest BCUT2D eigenvalue weighted by Crippen LogP contribution is -2.66. The topological polar surface area (TPSA) is 49.4 Å². The van der Waals surface area contributed by atoms with Crippen LogP contribution in [0.25, 0.3) is 0 Å². The Kier molecular flexibility index (Phi) is 4.66. The van der Waals surface area contributed by atoms with Crippen LogP contribution in [-0.4, -0.2) is 29.3 Å². The van der Waals surface area contributed by atoms with Gasteiger partial charge in [-0.1, -0.05) is 50.1 Å². The first-order valence-electron chi connectivity index (χ1n) is 7.69. The highest BCUT2D eigenvalue weighted by molar-refractivity contribution is 6.00. The molecular weight excluding hydrogens is 264 g/mol. The number of amides is 2. The minimum Gasteiger partial charge on any atom is -0.336 e. The summed E-state index contributed by atoms with van der Waals surface area (Å²) in [5.41, 5.74) is -0.132. The third-order valence-corrected chi connectivity index (χ3v) is 4.26. The molecule has 1 heterocycles. The van der Waals surface area contributed by atoms with Crippen LogP contribution < -0.4 is 5.32 Å². The van der Waals surface area contributed by atoms with Crippen molar-refractivity contribution in [1.29, 1.82) is 0 Å². The summed E-state index contributed by atoms with van der Waals surface area (Å²) in [4.78, 5) is 26.9. The first-order valence-corrected chi connectivity index (χ1v) is 7.69. The van der Waals surface area contributed by atoms with Crippen molar-refractivity contribution in [3.05, 3.63) is 35.9 Å². The van der Waals surface area contributed by atoms with Crippen molar-refractivity contribution in [2.75, 3.05) is 6.54 Å². The SMILES string of the molecule is CCCCCN1C(=O)C(C)(c2ccccc2)NC(=O)C1C. The second-order valence-corrected chi connectivity index (χ2v) is 5.86. The first-order chi connectivity index (χ1) is 10.0. The lowest BCUT2D eigenvalue weighted by atomic mass is 9.87. The van der Waals surface area contributed by atoms with Crippen molar-refractivity contribution < 1.29 is 9.59 Å². The van der Waals surface area contributed by atoms with Gasteiger partial charge in [-0.2, -0.15) is 0 Å². The Morgan fingerprint density at radius 1 is 1.19 bits per heavy atom. The van der Waals surface area contributed by atoms with Crippen molar-refractivity contribution in [3.8, 4) is 0 Å². The van der Waals surface area contributed by atoms with E-state index >= 15 is 0 Å². The van der Waals surface area contributed by atoms with Gasteiger partial charge in [-0.05, 0) is 25.8 Å². The molecule has 4 nitrogen and oxygen atoms in total. The molecule has 1 saturated heterocycles. The lowest BCUT2D eigenvalue weighted by Gasteiger charge is -2.43. The van der Waals surface area contributed by atoms with E-state index in [1.165, 1.54) is 0 Å². The summed E-state index contributed by atoms with van der Waals surface area (Å²) < 4.78 is 0. The summed E-state index contributed by atoms with van der Waals surface area (Å²) in [6, 6.07) is 9.06. The Morgan fingerprint density at radius 3 is 2.48 bits per heavy atom. The minimum atomic E-state index is -0.961. The average Bonchev–Trinajstić information content (AvgIpc) is 2.50. The van der Waals surface area contributed by atoms with E-state index in [-0.39, 0.29) is 11.8 Å². The predicted molar refractivity (Wildman–Crippen MR) is 82.6 cm³/mol. The Balaban J connectivity index is 2.27. The highest BCUT2D eigenvalue weighted by Crippen LogP contribution is 2.28. The van der Waals surface area contributed by atoms with Crippen molar-refractivity contribution in [2.45, 2.75) is 51.6 Å². The number of nitrogens with zero attached hydrogens (tertiary/aromatic N) is 1. The molecule has 4 heteroatoms. The molecule has 0 aromatic heterocycles. The molecule has 2 unspecified atom stereocenters. The zero-order valence-corrected chi connectivity index (χ0v) is 13.1. The maximum absolute atomic E-state index is 12.9. The molecule has 1 aliphatic heterocycles. The normalized spacial score (nSPS) is 25.9. The Hall–Kier alpha value is -1.84. The van der Waals surface area contributed by atoms with Gasteiger partial charge in [0.25, 0.3) is 5.91 Å². The van der Waals surface area contributed by atoms with Crippen LogP contribution in [0.5, 0.6) is 0 Å². The van der Waals surface area contributed by atoms with Crippen LogP contribution in [-0.2, 0) is 15.1 Å². The van der Waals surface area contributed by atoms with E-state index in [0.29, 0.717) is 6.54 Å². The number of carbonyl (C=O) groups excluding carboxylic acids is 2. The van der Waals surface area contributed by atoms with Gasteiger partial charge in [-0.25, -0.2) is 0 Å². The van der Waals surface area contributed by atoms with E-state index in [0.717, 1.165) is 24.8 Å². The Labute approximate surface area is 126 Å². The van der Waals surface area contributed by atoms with Gasteiger partial charge in [-0.15, -0.1) is 0 Å². The summed E-state index contributed by atoms with van der Waals surface area (Å²) in [6.07, 6.45) is 3.10. The molecule has 2 atom stereocenters. The van der Waals surface area contributed by atoms with Gasteiger partial charge in [0.2, 0.25) is 5.91 Å². The second-order valence-electron chi connectivity index (χ2n) is 5.86. The molecule has 1 aromatic rings. The van der Waals surface area contributed by atoms with E-state index in [9.17, 15) is 9.59 Å². The molecule has 1 aliphatic rings. The molecular formula is C17H24N2O2. The highest BCUT2D eigenvalue weighted by atomic mass is 16.2. The molecule has 2 rings (SSSR count). The summed E-state index contributed by atoms with van der Waals surface area (Å²) in [7, 11) is 0. The highest BCUT2D eigenvalue weighted by Gasteiger charge is 2.47. The molecule has 2 amide bonds. The molecule has 114 valence electrons. The number of unbranched alkanes of at least 4 members (excludes halogenated alkanes) is 2.